The van der Waals surface area contributed by atoms with Gasteiger partial charge in [-0.05, 0) is 34.2 Å². The number of aliphatic hydroxyl groups excluding tert-OH is 1. The van der Waals surface area contributed by atoms with Crippen molar-refractivity contribution in [3.8, 4) is 0 Å². The van der Waals surface area contributed by atoms with Gasteiger partial charge in [-0.25, -0.2) is 0 Å². The lowest BCUT2D eigenvalue weighted by molar-refractivity contribution is 0.226. The van der Waals surface area contributed by atoms with E-state index in [1.807, 2.05) is 36.4 Å². The van der Waals surface area contributed by atoms with Gasteiger partial charge in [0.15, 0.2) is 0 Å². The summed E-state index contributed by atoms with van der Waals surface area (Å²) in [5.74, 6) is 0.363. The van der Waals surface area contributed by atoms with E-state index >= 15 is 0 Å². The standard InChI is InChI=1S/C22H32O2Si/c1-19(18-23)12-10-11-17-22(2,3)25(24,20-13-6-4-7-14-20)21-15-8-5-9-16-21/h4-9,13-16,19,23-24H,10-12,17-18H2,1-3H3/t19-/m0/s1. The highest BCUT2D eigenvalue weighted by molar-refractivity contribution is 6.98. The van der Waals surface area contributed by atoms with E-state index in [1.54, 1.807) is 0 Å². The molecule has 0 saturated heterocycles. The average Bonchev–Trinajstić information content (AvgIpc) is 2.65. The van der Waals surface area contributed by atoms with Gasteiger partial charge in [-0.15, -0.1) is 0 Å². The molecule has 0 aliphatic carbocycles. The van der Waals surface area contributed by atoms with E-state index in [-0.39, 0.29) is 11.6 Å². The van der Waals surface area contributed by atoms with Gasteiger partial charge in [0, 0.05) is 6.61 Å². The molecule has 2 aromatic carbocycles. The van der Waals surface area contributed by atoms with Crippen LogP contribution in [0, 0.1) is 5.92 Å². The van der Waals surface area contributed by atoms with E-state index in [0.29, 0.717) is 5.92 Å². The number of rotatable bonds is 9. The first-order valence-electron chi connectivity index (χ1n) is 9.36. The molecule has 0 radical (unpaired) electrons. The van der Waals surface area contributed by atoms with Crippen LogP contribution < -0.4 is 10.4 Å². The second-order valence-corrected chi connectivity index (χ2v) is 11.8. The zero-order valence-corrected chi connectivity index (χ0v) is 16.8. The third-order valence-corrected chi connectivity index (χ3v) is 9.97. The summed E-state index contributed by atoms with van der Waals surface area (Å²) in [6, 6.07) is 20.4. The molecule has 136 valence electrons. The Balaban J connectivity index is 2.26. The predicted octanol–water partition coefficient (Wildman–Crippen LogP) is 3.71. The van der Waals surface area contributed by atoms with E-state index in [1.165, 1.54) is 0 Å². The van der Waals surface area contributed by atoms with Crippen molar-refractivity contribution in [2.45, 2.75) is 51.5 Å². The molecule has 25 heavy (non-hydrogen) atoms. The third-order valence-electron chi connectivity index (χ3n) is 5.42. The summed E-state index contributed by atoms with van der Waals surface area (Å²) >= 11 is 0. The summed E-state index contributed by atoms with van der Waals surface area (Å²) in [6.07, 6.45) is 4.20. The zero-order chi connectivity index (χ0) is 18.3. The van der Waals surface area contributed by atoms with Gasteiger partial charge in [-0.3, -0.25) is 0 Å². The molecule has 0 bridgehead atoms. The molecule has 2 nitrogen and oxygen atoms in total. The second-order valence-electron chi connectivity index (χ2n) is 7.86. The zero-order valence-electron chi connectivity index (χ0n) is 15.8. The van der Waals surface area contributed by atoms with Gasteiger partial charge < -0.3 is 9.90 Å². The van der Waals surface area contributed by atoms with Gasteiger partial charge in [-0.1, -0.05) is 94.3 Å². The average molecular weight is 357 g/mol. The number of aliphatic hydroxyl groups is 1. The van der Waals surface area contributed by atoms with Crippen LogP contribution in [0.15, 0.2) is 60.7 Å². The molecule has 0 heterocycles. The number of hydrogen-bond acceptors (Lipinski definition) is 2. The Morgan fingerprint density at radius 2 is 1.36 bits per heavy atom. The van der Waals surface area contributed by atoms with Gasteiger partial charge in [0.05, 0.1) is 0 Å². The van der Waals surface area contributed by atoms with E-state index in [9.17, 15) is 9.90 Å². The first-order valence-corrected chi connectivity index (χ1v) is 11.3. The van der Waals surface area contributed by atoms with Crippen LogP contribution in [0.3, 0.4) is 0 Å². The van der Waals surface area contributed by atoms with Crippen molar-refractivity contribution in [1.29, 1.82) is 0 Å². The number of unbranched alkanes of at least 4 members (excludes halogenated alkanes) is 1. The first-order chi connectivity index (χ1) is 11.9. The van der Waals surface area contributed by atoms with Crippen LogP contribution in [-0.2, 0) is 0 Å². The fourth-order valence-corrected chi connectivity index (χ4v) is 7.42. The maximum atomic E-state index is 12.0. The quantitative estimate of drug-likeness (QED) is 0.531. The van der Waals surface area contributed by atoms with Crippen LogP contribution in [0.2, 0.25) is 5.04 Å². The highest BCUT2D eigenvalue weighted by atomic mass is 28.4. The van der Waals surface area contributed by atoms with Crippen LogP contribution in [0.4, 0.5) is 0 Å². The maximum absolute atomic E-state index is 12.0. The lowest BCUT2D eigenvalue weighted by Crippen LogP contribution is -2.65. The highest BCUT2D eigenvalue weighted by Gasteiger charge is 2.49. The molecule has 2 N–H and O–H groups in total. The van der Waals surface area contributed by atoms with Crippen LogP contribution in [0.5, 0.6) is 0 Å². The van der Waals surface area contributed by atoms with Crippen molar-refractivity contribution >= 4 is 18.7 Å². The number of benzene rings is 2. The van der Waals surface area contributed by atoms with Crippen molar-refractivity contribution < 1.29 is 9.90 Å². The Bertz CT molecular complexity index is 585. The molecule has 3 heteroatoms. The van der Waals surface area contributed by atoms with Crippen LogP contribution in [0.1, 0.15) is 46.5 Å². The van der Waals surface area contributed by atoms with E-state index < -0.39 is 8.32 Å². The Morgan fingerprint density at radius 1 is 0.880 bits per heavy atom. The minimum Gasteiger partial charge on any atom is -0.424 e. The fourth-order valence-electron chi connectivity index (χ4n) is 3.64. The Hall–Kier alpha value is -1.42. The molecule has 0 amide bonds. The van der Waals surface area contributed by atoms with E-state index in [2.05, 4.69) is 45.0 Å². The summed E-state index contributed by atoms with van der Waals surface area (Å²) in [5.41, 5.74) is 0. The van der Waals surface area contributed by atoms with Crippen molar-refractivity contribution in [1.82, 2.24) is 0 Å². The minimum atomic E-state index is -2.86. The molecule has 0 fully saturated rings. The molecule has 1 atom stereocenters. The summed E-state index contributed by atoms with van der Waals surface area (Å²) in [4.78, 5) is 12.0. The minimum absolute atomic E-state index is 0.168. The fraction of sp³-hybridized carbons (Fsp3) is 0.455. The Labute approximate surface area is 153 Å². The largest absolute Gasteiger partial charge is 0.424 e. The van der Waals surface area contributed by atoms with Crippen molar-refractivity contribution in [2.24, 2.45) is 5.92 Å². The van der Waals surface area contributed by atoms with E-state index in [4.69, 9.17) is 0 Å². The monoisotopic (exact) mass is 356 g/mol. The highest BCUT2D eigenvalue weighted by Crippen LogP contribution is 2.40. The molecule has 0 aliphatic rings. The third kappa shape index (κ3) is 4.60. The van der Waals surface area contributed by atoms with Crippen molar-refractivity contribution in [2.75, 3.05) is 6.61 Å². The molecule has 0 unspecified atom stereocenters. The van der Waals surface area contributed by atoms with Gasteiger partial charge >= 0.3 is 0 Å². The molecule has 0 saturated carbocycles. The van der Waals surface area contributed by atoms with Gasteiger partial charge in [0.2, 0.25) is 0 Å². The topological polar surface area (TPSA) is 40.5 Å². The summed E-state index contributed by atoms with van der Waals surface area (Å²) in [5, 5.41) is 11.2. The van der Waals surface area contributed by atoms with Crippen LogP contribution in [0.25, 0.3) is 0 Å². The van der Waals surface area contributed by atoms with Crippen LogP contribution in [-0.4, -0.2) is 24.8 Å². The smallest absolute Gasteiger partial charge is 0.258 e. The molecule has 2 aromatic rings. The number of hydrogen-bond donors (Lipinski definition) is 2. The van der Waals surface area contributed by atoms with Gasteiger partial charge in [0.1, 0.15) is 0 Å². The van der Waals surface area contributed by atoms with Crippen LogP contribution >= 0.6 is 0 Å². The molecule has 0 spiro atoms. The summed E-state index contributed by atoms with van der Waals surface area (Å²) in [7, 11) is -2.86. The van der Waals surface area contributed by atoms with E-state index in [0.717, 1.165) is 36.1 Å². The summed E-state index contributed by atoms with van der Waals surface area (Å²) in [6.45, 7) is 6.78. The van der Waals surface area contributed by atoms with Gasteiger partial charge in [0.25, 0.3) is 8.32 Å². The van der Waals surface area contributed by atoms with Crippen molar-refractivity contribution in [3.05, 3.63) is 60.7 Å². The van der Waals surface area contributed by atoms with Gasteiger partial charge in [-0.2, -0.15) is 0 Å². The Morgan fingerprint density at radius 3 is 1.80 bits per heavy atom. The van der Waals surface area contributed by atoms with Crippen molar-refractivity contribution in [3.63, 3.8) is 0 Å². The predicted molar refractivity (Wildman–Crippen MR) is 109 cm³/mol. The second kappa shape index (κ2) is 8.79. The Kier molecular flexibility index (Phi) is 7.00. The summed E-state index contributed by atoms with van der Waals surface area (Å²) < 4.78 is 0. The lowest BCUT2D eigenvalue weighted by Gasteiger charge is -2.41. The maximum Gasteiger partial charge on any atom is 0.258 e. The molecule has 0 aromatic heterocycles. The molecular weight excluding hydrogens is 324 g/mol. The SMILES string of the molecule is C[C@H](CO)CCCCC(C)(C)[Si](O)(c1ccccc1)c1ccccc1. The first kappa shape index (κ1) is 19.9. The molecule has 2 rings (SSSR count). The normalized spacial score (nSPS) is 13.6. The molecule has 0 aliphatic heterocycles. The molecular formula is C22H32O2Si. The lowest BCUT2D eigenvalue weighted by atomic mass is 10.00.